The van der Waals surface area contributed by atoms with Crippen molar-refractivity contribution in [1.29, 1.82) is 0 Å². The van der Waals surface area contributed by atoms with Crippen LogP contribution in [0.25, 0.3) is 0 Å². The smallest absolute Gasteiger partial charge is 0.208 e. The van der Waals surface area contributed by atoms with Crippen LogP contribution >= 0.6 is 35.6 Å². The molecule has 1 aliphatic rings. The number of oxazole rings is 1. The topological polar surface area (TPSA) is 65.7 Å². The van der Waals surface area contributed by atoms with Crippen LogP contribution in [0.5, 0.6) is 0 Å². The number of benzene rings is 1. The zero-order valence-corrected chi connectivity index (χ0v) is 22.0. The highest BCUT2D eigenvalue weighted by atomic mass is 127. The second-order valence-corrected chi connectivity index (χ2v) is 8.55. The lowest BCUT2D eigenvalue weighted by Crippen LogP contribution is -2.39. The third-order valence-electron chi connectivity index (χ3n) is 5.69. The molecule has 0 bridgehead atoms. The molecule has 1 unspecified atom stereocenters. The summed E-state index contributed by atoms with van der Waals surface area (Å²) in [6.07, 6.45) is 2.29. The number of aromatic nitrogens is 1. The zero-order chi connectivity index (χ0) is 21.5. The molecule has 3 rings (SSSR count). The molecule has 1 saturated heterocycles. The van der Waals surface area contributed by atoms with Crippen LogP contribution in [0.2, 0.25) is 5.02 Å². The first-order valence-electron chi connectivity index (χ1n) is 10.9. The molecule has 1 atom stereocenters. The van der Waals surface area contributed by atoms with Gasteiger partial charge in [0.1, 0.15) is 5.76 Å². The van der Waals surface area contributed by atoms with Crippen LogP contribution in [0, 0.1) is 19.8 Å². The zero-order valence-electron chi connectivity index (χ0n) is 18.9. The van der Waals surface area contributed by atoms with Gasteiger partial charge in [0.05, 0.1) is 18.3 Å². The maximum Gasteiger partial charge on any atom is 0.208 e. The minimum absolute atomic E-state index is 0. The number of rotatable bonds is 7. The van der Waals surface area contributed by atoms with Gasteiger partial charge in [-0.05, 0) is 77.2 Å². The molecule has 1 aromatic heterocycles. The molecule has 1 aliphatic heterocycles. The van der Waals surface area contributed by atoms with Gasteiger partial charge in [0.25, 0.3) is 0 Å². The van der Waals surface area contributed by atoms with E-state index in [0.29, 0.717) is 5.92 Å². The highest BCUT2D eigenvalue weighted by Gasteiger charge is 2.21. The number of hydrogen-bond acceptors (Lipinski definition) is 4. The van der Waals surface area contributed by atoms with Crippen LogP contribution in [0.1, 0.15) is 55.6 Å². The summed E-state index contributed by atoms with van der Waals surface area (Å²) in [6.45, 7) is 12.8. The summed E-state index contributed by atoms with van der Waals surface area (Å²) in [6, 6.07) is 8.09. The molecule has 172 valence electrons. The quantitative estimate of drug-likeness (QED) is 0.281. The average Bonchev–Trinajstić information content (AvgIpc) is 3.04. The van der Waals surface area contributed by atoms with Gasteiger partial charge in [-0.2, -0.15) is 0 Å². The van der Waals surface area contributed by atoms with Gasteiger partial charge >= 0.3 is 0 Å². The van der Waals surface area contributed by atoms with Crippen molar-refractivity contribution in [2.75, 3.05) is 26.2 Å². The van der Waals surface area contributed by atoms with E-state index >= 15 is 0 Å². The van der Waals surface area contributed by atoms with E-state index in [0.717, 1.165) is 79.5 Å². The number of nitrogens with one attached hydrogen (secondary N) is 2. The normalized spacial score (nSPS) is 16.6. The molecule has 8 heteroatoms. The van der Waals surface area contributed by atoms with Crippen molar-refractivity contribution in [3.63, 3.8) is 0 Å². The van der Waals surface area contributed by atoms with Crippen LogP contribution in [-0.2, 0) is 6.54 Å². The summed E-state index contributed by atoms with van der Waals surface area (Å²) in [5, 5.41) is 7.62. The van der Waals surface area contributed by atoms with Crippen molar-refractivity contribution in [2.45, 2.75) is 53.1 Å². The van der Waals surface area contributed by atoms with Crippen molar-refractivity contribution in [3.05, 3.63) is 52.2 Å². The van der Waals surface area contributed by atoms with Crippen molar-refractivity contribution >= 4 is 41.5 Å². The predicted octanol–water partition coefficient (Wildman–Crippen LogP) is 5.09. The van der Waals surface area contributed by atoms with E-state index in [2.05, 4.69) is 40.4 Å². The Kier molecular flexibility index (Phi) is 10.6. The van der Waals surface area contributed by atoms with Crippen molar-refractivity contribution in [1.82, 2.24) is 20.5 Å². The third-order valence-corrected chi connectivity index (χ3v) is 5.93. The highest BCUT2D eigenvalue weighted by molar-refractivity contribution is 14.0. The summed E-state index contributed by atoms with van der Waals surface area (Å²) in [5.41, 5.74) is 2.14. The first-order valence-corrected chi connectivity index (χ1v) is 11.3. The number of likely N-dealkylation sites (tertiary alicyclic amines) is 1. The van der Waals surface area contributed by atoms with Crippen molar-refractivity contribution < 1.29 is 4.42 Å². The second kappa shape index (κ2) is 12.6. The minimum Gasteiger partial charge on any atom is -0.444 e. The number of aliphatic imine (C=N–C) groups is 1. The molecule has 2 heterocycles. The van der Waals surface area contributed by atoms with E-state index in [-0.39, 0.29) is 30.0 Å². The van der Waals surface area contributed by atoms with E-state index in [1.807, 2.05) is 32.0 Å². The van der Waals surface area contributed by atoms with Gasteiger partial charge < -0.3 is 15.1 Å². The van der Waals surface area contributed by atoms with Crippen LogP contribution in [0.3, 0.4) is 0 Å². The van der Waals surface area contributed by atoms with Crippen LogP contribution in [-0.4, -0.2) is 42.0 Å². The molecule has 2 N–H and O–H groups in total. The molecule has 0 radical (unpaired) electrons. The Morgan fingerprint density at radius 2 is 2.06 bits per heavy atom. The number of hydrogen-bond donors (Lipinski definition) is 2. The Balaban J connectivity index is 0.00000341. The number of halogens is 2. The lowest BCUT2D eigenvalue weighted by molar-refractivity contribution is 0.166. The van der Waals surface area contributed by atoms with Gasteiger partial charge in [0.15, 0.2) is 5.96 Å². The lowest BCUT2D eigenvalue weighted by atomic mass is 9.97. The molecule has 0 spiro atoms. The Bertz CT molecular complexity index is 829. The highest BCUT2D eigenvalue weighted by Crippen LogP contribution is 2.21. The van der Waals surface area contributed by atoms with Gasteiger partial charge in [-0.15, -0.1) is 24.0 Å². The Hall–Kier alpha value is -1.32. The Morgan fingerprint density at radius 1 is 1.32 bits per heavy atom. The molecule has 0 aliphatic carbocycles. The van der Waals surface area contributed by atoms with E-state index in [1.54, 1.807) is 0 Å². The fraction of sp³-hybridized carbons (Fsp3) is 0.565. The van der Waals surface area contributed by atoms with E-state index in [9.17, 15) is 0 Å². The number of aryl methyl sites for hydroxylation is 2. The standard InChI is InChI=1S/C23H34ClN5O.HI/c1-5-25-23(28-17(3)20-7-6-8-21(24)13-20)26-14-19-9-11-29(12-10-19)15-22-27-16(2)18(4)30-22;/h6-8,13,17,19H,5,9-12,14-15H2,1-4H3,(H2,25,26,28);1H. The summed E-state index contributed by atoms with van der Waals surface area (Å²) in [4.78, 5) is 11.8. The molecule has 0 saturated carbocycles. The van der Waals surface area contributed by atoms with E-state index < -0.39 is 0 Å². The van der Waals surface area contributed by atoms with E-state index in [4.69, 9.17) is 21.0 Å². The van der Waals surface area contributed by atoms with Crippen LogP contribution in [0.4, 0.5) is 0 Å². The van der Waals surface area contributed by atoms with Gasteiger partial charge in [-0.1, -0.05) is 23.7 Å². The van der Waals surface area contributed by atoms with E-state index in [1.165, 1.54) is 0 Å². The van der Waals surface area contributed by atoms with Crippen LogP contribution < -0.4 is 10.6 Å². The van der Waals surface area contributed by atoms with Gasteiger partial charge in [0, 0.05) is 18.1 Å². The summed E-state index contributed by atoms with van der Waals surface area (Å²) >= 11 is 6.13. The number of nitrogens with zero attached hydrogens (tertiary/aromatic N) is 3. The predicted molar refractivity (Wildman–Crippen MR) is 138 cm³/mol. The summed E-state index contributed by atoms with van der Waals surface area (Å²) < 4.78 is 5.73. The summed E-state index contributed by atoms with van der Waals surface area (Å²) in [5.74, 6) is 3.21. The first kappa shape index (κ1) is 25.9. The molecule has 1 fully saturated rings. The fourth-order valence-electron chi connectivity index (χ4n) is 3.73. The van der Waals surface area contributed by atoms with Gasteiger partial charge in [0.2, 0.25) is 5.89 Å². The number of guanidine groups is 1. The fourth-order valence-corrected chi connectivity index (χ4v) is 3.93. The second-order valence-electron chi connectivity index (χ2n) is 8.11. The molecule has 6 nitrogen and oxygen atoms in total. The molecule has 0 amide bonds. The maximum atomic E-state index is 6.13. The number of piperidine rings is 1. The minimum atomic E-state index is 0. The average molecular weight is 560 g/mol. The van der Waals surface area contributed by atoms with Crippen molar-refractivity contribution in [3.8, 4) is 0 Å². The SMILES string of the molecule is CCNC(=NCC1CCN(Cc2nc(C)c(C)o2)CC1)NC(C)c1cccc(Cl)c1.I. The Morgan fingerprint density at radius 3 is 2.68 bits per heavy atom. The molecule has 2 aromatic rings. The summed E-state index contributed by atoms with van der Waals surface area (Å²) in [7, 11) is 0. The van der Waals surface area contributed by atoms with Crippen LogP contribution in [0.15, 0.2) is 33.7 Å². The largest absolute Gasteiger partial charge is 0.444 e. The van der Waals surface area contributed by atoms with Crippen molar-refractivity contribution in [2.24, 2.45) is 10.9 Å². The third kappa shape index (κ3) is 7.95. The molecule has 1 aromatic carbocycles. The maximum absolute atomic E-state index is 6.13. The van der Waals surface area contributed by atoms with Gasteiger partial charge in [-0.3, -0.25) is 9.89 Å². The molecular weight excluding hydrogens is 525 g/mol. The lowest BCUT2D eigenvalue weighted by Gasteiger charge is -2.30. The Labute approximate surface area is 208 Å². The van der Waals surface area contributed by atoms with Gasteiger partial charge in [-0.25, -0.2) is 4.98 Å². The molecule has 31 heavy (non-hydrogen) atoms. The monoisotopic (exact) mass is 559 g/mol. The first-order chi connectivity index (χ1) is 14.4. The molecular formula is C23H35ClIN5O.